The summed E-state index contributed by atoms with van der Waals surface area (Å²) >= 11 is 10.8. The van der Waals surface area contributed by atoms with E-state index in [0.717, 1.165) is 27.8 Å². The molecule has 2 aromatic rings. The summed E-state index contributed by atoms with van der Waals surface area (Å²) in [5.74, 6) is 1.55. The summed E-state index contributed by atoms with van der Waals surface area (Å²) in [6.07, 6.45) is 2.34. The van der Waals surface area contributed by atoms with Crippen LogP contribution in [0.3, 0.4) is 0 Å². The van der Waals surface area contributed by atoms with Crippen LogP contribution in [0.15, 0.2) is 38.9 Å². The molecule has 2 heterocycles. The Labute approximate surface area is 134 Å². The van der Waals surface area contributed by atoms with Crippen molar-refractivity contribution in [3.05, 3.63) is 34.2 Å². The van der Waals surface area contributed by atoms with E-state index in [-0.39, 0.29) is 0 Å². The first-order valence-electron chi connectivity index (χ1n) is 5.97. The largest absolute Gasteiger partial charge is 0.490 e. The molecule has 7 heteroatoms. The third kappa shape index (κ3) is 3.02. The lowest BCUT2D eigenvalue weighted by Gasteiger charge is -2.09. The van der Waals surface area contributed by atoms with Gasteiger partial charge in [-0.15, -0.1) is 0 Å². The van der Waals surface area contributed by atoms with E-state index < -0.39 is 0 Å². The maximum absolute atomic E-state index is 5.96. The SMILES string of the molecule is Clc1ncnc(Sc2ccc3c(c2)OCCCO3)c1Br. The Morgan fingerprint density at radius 2 is 1.95 bits per heavy atom. The average Bonchev–Trinajstić information content (AvgIpc) is 2.69. The third-order valence-corrected chi connectivity index (χ3v) is 5.17. The summed E-state index contributed by atoms with van der Waals surface area (Å²) in [7, 11) is 0. The minimum absolute atomic E-state index is 0.400. The van der Waals surface area contributed by atoms with Crippen LogP contribution in [0, 0.1) is 0 Å². The van der Waals surface area contributed by atoms with E-state index in [1.54, 1.807) is 0 Å². The number of rotatable bonds is 2. The van der Waals surface area contributed by atoms with Crippen molar-refractivity contribution in [1.29, 1.82) is 0 Å². The monoisotopic (exact) mass is 372 g/mol. The molecule has 0 aliphatic carbocycles. The number of nitrogens with zero attached hydrogens (tertiary/aromatic N) is 2. The van der Waals surface area contributed by atoms with E-state index >= 15 is 0 Å². The fourth-order valence-electron chi connectivity index (χ4n) is 1.72. The van der Waals surface area contributed by atoms with Gasteiger partial charge in [0.25, 0.3) is 0 Å². The van der Waals surface area contributed by atoms with Gasteiger partial charge in [0, 0.05) is 11.3 Å². The van der Waals surface area contributed by atoms with E-state index in [1.807, 2.05) is 18.2 Å². The van der Waals surface area contributed by atoms with Gasteiger partial charge in [0.15, 0.2) is 11.5 Å². The van der Waals surface area contributed by atoms with E-state index in [0.29, 0.717) is 22.8 Å². The number of benzene rings is 1. The summed E-state index contributed by atoms with van der Waals surface area (Å²) in [6, 6.07) is 5.84. The molecule has 0 spiro atoms. The molecule has 1 aliphatic rings. The average molecular weight is 374 g/mol. The van der Waals surface area contributed by atoms with Crippen LogP contribution in [-0.4, -0.2) is 23.2 Å². The Morgan fingerprint density at radius 3 is 2.80 bits per heavy atom. The normalized spacial score (nSPS) is 13.9. The molecule has 0 atom stereocenters. The molecule has 0 fully saturated rings. The zero-order valence-electron chi connectivity index (χ0n) is 10.3. The predicted octanol–water partition coefficient (Wildman–Crippen LogP) is 4.21. The molecule has 1 aromatic heterocycles. The summed E-state index contributed by atoms with van der Waals surface area (Å²) < 4.78 is 12.0. The number of halogens is 2. The quantitative estimate of drug-likeness (QED) is 0.738. The van der Waals surface area contributed by atoms with Crippen LogP contribution < -0.4 is 9.47 Å². The Bertz CT molecular complexity index is 642. The highest BCUT2D eigenvalue weighted by Crippen LogP contribution is 2.39. The maximum atomic E-state index is 5.96. The summed E-state index contributed by atoms with van der Waals surface area (Å²) in [5, 5.41) is 1.16. The van der Waals surface area contributed by atoms with Crippen LogP contribution in [0.4, 0.5) is 0 Å². The summed E-state index contributed by atoms with van der Waals surface area (Å²) in [6.45, 7) is 1.36. The second-order valence-corrected chi connectivity index (χ2v) is 6.26. The molecule has 0 radical (unpaired) electrons. The van der Waals surface area contributed by atoms with Crippen molar-refractivity contribution in [1.82, 2.24) is 9.97 Å². The van der Waals surface area contributed by atoms with Crippen molar-refractivity contribution >= 4 is 39.3 Å². The van der Waals surface area contributed by atoms with Gasteiger partial charge in [-0.25, -0.2) is 9.97 Å². The standard InChI is InChI=1S/C13H10BrClN2O2S/c14-11-12(15)16-7-17-13(11)20-8-2-3-9-10(6-8)19-5-1-4-18-9/h2-3,6-7H,1,4-5H2. The number of hydrogen-bond donors (Lipinski definition) is 0. The van der Waals surface area contributed by atoms with Crippen LogP contribution in [0.2, 0.25) is 5.15 Å². The molecule has 0 amide bonds. The van der Waals surface area contributed by atoms with Gasteiger partial charge >= 0.3 is 0 Å². The Balaban J connectivity index is 1.88. The second-order valence-electron chi connectivity index (χ2n) is 4.04. The molecular weight excluding hydrogens is 364 g/mol. The first-order valence-corrected chi connectivity index (χ1v) is 7.96. The molecule has 0 unspecified atom stereocenters. The van der Waals surface area contributed by atoms with Crippen molar-refractivity contribution in [3.8, 4) is 11.5 Å². The van der Waals surface area contributed by atoms with Crippen LogP contribution in [0.25, 0.3) is 0 Å². The number of fused-ring (bicyclic) bond motifs is 1. The molecule has 3 rings (SSSR count). The van der Waals surface area contributed by atoms with Gasteiger partial charge in [0.05, 0.1) is 17.7 Å². The molecule has 0 saturated carbocycles. The van der Waals surface area contributed by atoms with Gasteiger partial charge in [-0.1, -0.05) is 23.4 Å². The molecule has 0 N–H and O–H groups in total. The van der Waals surface area contributed by atoms with Crippen LogP contribution in [0.5, 0.6) is 11.5 Å². The lowest BCUT2D eigenvalue weighted by molar-refractivity contribution is 0.297. The highest BCUT2D eigenvalue weighted by Gasteiger charge is 2.13. The van der Waals surface area contributed by atoms with Crippen LogP contribution >= 0.6 is 39.3 Å². The van der Waals surface area contributed by atoms with Crippen molar-refractivity contribution in [2.24, 2.45) is 0 Å². The fraction of sp³-hybridized carbons (Fsp3) is 0.231. The first-order chi connectivity index (χ1) is 9.74. The number of aromatic nitrogens is 2. The maximum Gasteiger partial charge on any atom is 0.162 e. The predicted molar refractivity (Wildman–Crippen MR) is 80.9 cm³/mol. The van der Waals surface area contributed by atoms with Crippen molar-refractivity contribution in [2.75, 3.05) is 13.2 Å². The molecule has 1 aliphatic heterocycles. The molecule has 20 heavy (non-hydrogen) atoms. The molecule has 1 aromatic carbocycles. The number of ether oxygens (including phenoxy) is 2. The molecule has 0 saturated heterocycles. The van der Waals surface area contributed by atoms with Crippen molar-refractivity contribution < 1.29 is 9.47 Å². The smallest absolute Gasteiger partial charge is 0.162 e. The fourth-order valence-corrected chi connectivity index (χ4v) is 3.17. The molecule has 0 bridgehead atoms. The minimum Gasteiger partial charge on any atom is -0.490 e. The van der Waals surface area contributed by atoms with Gasteiger partial charge in [-0.05, 0) is 34.1 Å². The third-order valence-electron chi connectivity index (χ3n) is 2.65. The minimum atomic E-state index is 0.400. The van der Waals surface area contributed by atoms with E-state index in [1.165, 1.54) is 18.1 Å². The van der Waals surface area contributed by atoms with E-state index in [4.69, 9.17) is 21.1 Å². The zero-order valence-corrected chi connectivity index (χ0v) is 13.5. The highest BCUT2D eigenvalue weighted by atomic mass is 79.9. The van der Waals surface area contributed by atoms with Gasteiger partial charge < -0.3 is 9.47 Å². The van der Waals surface area contributed by atoms with Gasteiger partial charge in [-0.3, -0.25) is 0 Å². The molecule has 104 valence electrons. The molecular formula is C13H10BrClN2O2S. The van der Waals surface area contributed by atoms with E-state index in [9.17, 15) is 0 Å². The summed E-state index contributed by atoms with van der Waals surface area (Å²) in [5.41, 5.74) is 0. The number of hydrogen-bond acceptors (Lipinski definition) is 5. The Kier molecular flexibility index (Phi) is 4.33. The lowest BCUT2D eigenvalue weighted by atomic mass is 10.3. The lowest BCUT2D eigenvalue weighted by Crippen LogP contribution is -1.97. The van der Waals surface area contributed by atoms with Crippen LogP contribution in [-0.2, 0) is 0 Å². The van der Waals surface area contributed by atoms with Crippen molar-refractivity contribution in [2.45, 2.75) is 16.3 Å². The van der Waals surface area contributed by atoms with Gasteiger partial charge in [0.1, 0.15) is 16.5 Å². The first kappa shape index (κ1) is 14.0. The van der Waals surface area contributed by atoms with Crippen molar-refractivity contribution in [3.63, 3.8) is 0 Å². The summed E-state index contributed by atoms with van der Waals surface area (Å²) in [4.78, 5) is 9.13. The highest BCUT2D eigenvalue weighted by molar-refractivity contribution is 9.10. The Morgan fingerprint density at radius 1 is 1.15 bits per heavy atom. The van der Waals surface area contributed by atoms with Crippen LogP contribution in [0.1, 0.15) is 6.42 Å². The topological polar surface area (TPSA) is 44.2 Å². The molecule has 4 nitrogen and oxygen atoms in total. The Hall–Kier alpha value is -0.980. The second kappa shape index (κ2) is 6.20. The van der Waals surface area contributed by atoms with Gasteiger partial charge in [0.2, 0.25) is 0 Å². The van der Waals surface area contributed by atoms with Gasteiger partial charge in [-0.2, -0.15) is 0 Å². The zero-order chi connectivity index (χ0) is 13.9. The van der Waals surface area contributed by atoms with E-state index in [2.05, 4.69) is 25.9 Å².